The quantitative estimate of drug-likeness (QED) is 0.613. The Bertz CT molecular complexity index is 584. The van der Waals surface area contributed by atoms with E-state index in [1.165, 1.54) is 0 Å². The van der Waals surface area contributed by atoms with Gasteiger partial charge in [-0.25, -0.2) is 0 Å². The lowest BCUT2D eigenvalue weighted by Gasteiger charge is -2.36. The highest BCUT2D eigenvalue weighted by Gasteiger charge is 2.37. The van der Waals surface area contributed by atoms with E-state index in [-0.39, 0.29) is 11.5 Å². The van der Waals surface area contributed by atoms with Crippen LogP contribution in [0, 0.1) is 0 Å². The number of amides is 2. The van der Waals surface area contributed by atoms with Crippen molar-refractivity contribution in [1.29, 1.82) is 0 Å². The van der Waals surface area contributed by atoms with Crippen LogP contribution in [0.25, 0.3) is 0 Å². The Morgan fingerprint density at radius 1 is 1.24 bits per heavy atom. The first-order valence-corrected chi connectivity index (χ1v) is 11.3. The van der Waals surface area contributed by atoms with Crippen molar-refractivity contribution in [2.45, 2.75) is 57.5 Å². The molecule has 0 radical (unpaired) electrons. The molecule has 0 spiro atoms. The van der Waals surface area contributed by atoms with E-state index in [1.807, 2.05) is 0 Å². The third kappa shape index (κ3) is 6.26. The van der Waals surface area contributed by atoms with Crippen LogP contribution < -0.4 is 11.1 Å². The molecule has 2 atom stereocenters. The minimum absolute atomic E-state index is 0.0575. The van der Waals surface area contributed by atoms with Gasteiger partial charge < -0.3 is 20.6 Å². The second-order valence-corrected chi connectivity index (χ2v) is 12.5. The minimum Gasteiger partial charge on any atom is -0.417 e. The lowest BCUT2D eigenvalue weighted by molar-refractivity contribution is -0.133. The molecule has 25 heavy (non-hydrogen) atoms. The number of benzene rings is 1. The Balaban J connectivity index is 2.63. The smallest absolute Gasteiger partial charge is 0.254 e. The molecule has 0 aromatic heterocycles. The molecular weight excluding hydrogens is 336 g/mol. The number of carbonyl (C=O) groups is 2. The molecule has 0 aliphatic rings. The van der Waals surface area contributed by atoms with Gasteiger partial charge in [0.25, 0.3) is 5.91 Å². The maximum absolute atomic E-state index is 12.2. The molecule has 1 rings (SSSR count). The fourth-order valence-corrected chi connectivity index (χ4v) is 3.03. The van der Waals surface area contributed by atoms with E-state index in [9.17, 15) is 14.7 Å². The molecule has 0 fully saturated rings. The Hall–Kier alpha value is -1.70. The molecule has 0 bridgehead atoms. The van der Waals surface area contributed by atoms with E-state index in [0.717, 1.165) is 0 Å². The van der Waals surface area contributed by atoms with Crippen molar-refractivity contribution in [2.75, 3.05) is 6.61 Å². The van der Waals surface area contributed by atoms with Crippen molar-refractivity contribution in [1.82, 2.24) is 5.32 Å². The van der Waals surface area contributed by atoms with Gasteiger partial charge in [0.05, 0.1) is 0 Å². The zero-order chi connectivity index (χ0) is 19.3. The topological polar surface area (TPSA) is 102 Å². The highest BCUT2D eigenvalue weighted by Crippen LogP contribution is 2.36. The third-order valence-electron chi connectivity index (χ3n) is 4.70. The molecule has 6 nitrogen and oxygen atoms in total. The molecular formula is C18H30N2O4Si. The van der Waals surface area contributed by atoms with Gasteiger partial charge in [-0.3, -0.25) is 9.59 Å². The molecule has 0 heterocycles. The van der Waals surface area contributed by atoms with Crippen molar-refractivity contribution in [3.8, 4) is 0 Å². The molecule has 0 saturated heterocycles. The van der Waals surface area contributed by atoms with Crippen LogP contribution >= 0.6 is 0 Å². The first-order chi connectivity index (χ1) is 11.5. The van der Waals surface area contributed by atoms with Crippen LogP contribution in [0.2, 0.25) is 18.1 Å². The van der Waals surface area contributed by atoms with Crippen molar-refractivity contribution < 1.29 is 19.1 Å². The standard InChI is InChI=1S/C18H30N2O4Si/c1-18(2,3)25(4,5)24-12-11-14(16(19)22)20-17(23)15(21)13-9-7-6-8-10-13/h6-10,14-15,21H,11-12H2,1-5H3,(H2,19,22)(H,20,23)/t14-,15-/m0/s1. The number of carbonyl (C=O) groups excluding carboxylic acids is 2. The molecule has 0 aliphatic heterocycles. The maximum Gasteiger partial charge on any atom is 0.254 e. The zero-order valence-electron chi connectivity index (χ0n) is 15.7. The Labute approximate surface area is 150 Å². The van der Waals surface area contributed by atoms with Gasteiger partial charge in [-0.2, -0.15) is 0 Å². The first-order valence-electron chi connectivity index (χ1n) is 8.42. The maximum atomic E-state index is 12.2. The summed E-state index contributed by atoms with van der Waals surface area (Å²) >= 11 is 0. The summed E-state index contributed by atoms with van der Waals surface area (Å²) in [5.74, 6) is -1.30. The van der Waals surface area contributed by atoms with Gasteiger partial charge in [-0.15, -0.1) is 0 Å². The zero-order valence-corrected chi connectivity index (χ0v) is 16.7. The summed E-state index contributed by atoms with van der Waals surface area (Å²) in [6.07, 6.45) is -1.07. The average Bonchev–Trinajstić information content (AvgIpc) is 2.52. The van der Waals surface area contributed by atoms with Crippen LogP contribution in [0.3, 0.4) is 0 Å². The average molecular weight is 367 g/mol. The van der Waals surface area contributed by atoms with E-state index in [4.69, 9.17) is 10.2 Å². The van der Waals surface area contributed by atoms with Gasteiger partial charge >= 0.3 is 0 Å². The van der Waals surface area contributed by atoms with E-state index >= 15 is 0 Å². The van der Waals surface area contributed by atoms with Crippen LogP contribution in [0.15, 0.2) is 30.3 Å². The summed E-state index contributed by atoms with van der Waals surface area (Å²) in [4.78, 5) is 23.8. The molecule has 2 amide bonds. The number of aliphatic hydroxyl groups excluding tert-OH is 1. The summed E-state index contributed by atoms with van der Waals surface area (Å²) in [7, 11) is -1.94. The molecule has 1 aromatic rings. The summed E-state index contributed by atoms with van der Waals surface area (Å²) in [5.41, 5.74) is 5.84. The van der Waals surface area contributed by atoms with E-state index in [2.05, 4.69) is 39.2 Å². The van der Waals surface area contributed by atoms with Crippen molar-refractivity contribution in [2.24, 2.45) is 5.73 Å². The lowest BCUT2D eigenvalue weighted by Crippen LogP contribution is -2.48. The molecule has 4 N–H and O–H groups in total. The van der Waals surface area contributed by atoms with Gasteiger partial charge in [0.1, 0.15) is 6.04 Å². The number of primary amides is 1. The van der Waals surface area contributed by atoms with Crippen molar-refractivity contribution in [3.05, 3.63) is 35.9 Å². The van der Waals surface area contributed by atoms with Gasteiger partial charge in [0.2, 0.25) is 5.91 Å². The van der Waals surface area contributed by atoms with Crippen LogP contribution in [0.5, 0.6) is 0 Å². The third-order valence-corrected chi connectivity index (χ3v) is 9.24. The van der Waals surface area contributed by atoms with Crippen molar-refractivity contribution in [3.63, 3.8) is 0 Å². The number of nitrogens with one attached hydrogen (secondary N) is 1. The van der Waals surface area contributed by atoms with Crippen LogP contribution in [0.1, 0.15) is 38.9 Å². The minimum atomic E-state index is -1.94. The van der Waals surface area contributed by atoms with E-state index in [1.54, 1.807) is 30.3 Å². The number of nitrogens with two attached hydrogens (primary N) is 1. The summed E-state index contributed by atoms with van der Waals surface area (Å²) in [5, 5.41) is 12.7. The largest absolute Gasteiger partial charge is 0.417 e. The molecule has 0 saturated carbocycles. The molecule has 140 valence electrons. The number of rotatable bonds is 8. The highest BCUT2D eigenvalue weighted by atomic mass is 28.4. The van der Waals surface area contributed by atoms with Crippen LogP contribution in [-0.2, 0) is 14.0 Å². The normalized spacial score (nSPS) is 14.6. The number of hydrogen-bond donors (Lipinski definition) is 3. The number of hydrogen-bond acceptors (Lipinski definition) is 4. The van der Waals surface area contributed by atoms with Crippen LogP contribution in [0.4, 0.5) is 0 Å². The second-order valence-electron chi connectivity index (χ2n) is 7.67. The molecule has 7 heteroatoms. The molecule has 1 aromatic carbocycles. The predicted molar refractivity (Wildman–Crippen MR) is 100 cm³/mol. The van der Waals surface area contributed by atoms with E-state index < -0.39 is 32.3 Å². The predicted octanol–water partition coefficient (Wildman–Crippen LogP) is 2.10. The highest BCUT2D eigenvalue weighted by molar-refractivity contribution is 6.74. The summed E-state index contributed by atoms with van der Waals surface area (Å²) in [6, 6.07) is 7.65. The SMILES string of the molecule is CC(C)(C)[Si](C)(C)OCC[C@H](NC(=O)[C@@H](O)c1ccccc1)C(N)=O. The van der Waals surface area contributed by atoms with Crippen LogP contribution in [-0.4, -0.2) is 37.9 Å². The van der Waals surface area contributed by atoms with Gasteiger partial charge in [-0.1, -0.05) is 51.1 Å². The van der Waals surface area contributed by atoms with Crippen molar-refractivity contribution >= 4 is 20.1 Å². The first kappa shape index (κ1) is 21.3. The summed E-state index contributed by atoms with van der Waals surface area (Å²) in [6.45, 7) is 10.9. The van der Waals surface area contributed by atoms with Gasteiger partial charge in [0, 0.05) is 6.61 Å². The number of aliphatic hydroxyl groups is 1. The Morgan fingerprint density at radius 2 is 1.80 bits per heavy atom. The molecule has 0 aliphatic carbocycles. The fraction of sp³-hybridized carbons (Fsp3) is 0.556. The van der Waals surface area contributed by atoms with Gasteiger partial charge in [-0.05, 0) is 30.1 Å². The monoisotopic (exact) mass is 366 g/mol. The van der Waals surface area contributed by atoms with E-state index in [0.29, 0.717) is 12.2 Å². The Morgan fingerprint density at radius 3 is 2.28 bits per heavy atom. The Kier molecular flexibility index (Phi) is 7.34. The molecule has 0 unspecified atom stereocenters. The fourth-order valence-electron chi connectivity index (χ4n) is 1.97. The summed E-state index contributed by atoms with van der Waals surface area (Å²) < 4.78 is 6.02. The lowest BCUT2D eigenvalue weighted by atomic mass is 10.1. The second kappa shape index (κ2) is 8.60. The van der Waals surface area contributed by atoms with Gasteiger partial charge in [0.15, 0.2) is 14.4 Å².